The van der Waals surface area contributed by atoms with Crippen LogP contribution in [0.3, 0.4) is 0 Å². The third-order valence-corrected chi connectivity index (χ3v) is 1.22. The minimum atomic E-state index is 0.250. The van der Waals surface area contributed by atoms with E-state index in [0.717, 1.165) is 0 Å². The zero-order chi connectivity index (χ0) is 8.69. The first-order valence-electron chi connectivity index (χ1n) is 3.64. The van der Waals surface area contributed by atoms with E-state index < -0.39 is 0 Å². The Morgan fingerprint density at radius 1 is 1.09 bits per heavy atom. The van der Waals surface area contributed by atoms with Crippen molar-refractivity contribution in [1.29, 1.82) is 0 Å². The topological polar surface area (TPSA) is 43.1 Å². The van der Waals surface area contributed by atoms with Crippen LogP contribution in [0, 0.1) is 0 Å². The molecular formula is C9H13NO. The number of benzene rings is 1. The minimum absolute atomic E-state index is 0.250. The molecule has 11 heavy (non-hydrogen) atoms. The monoisotopic (exact) mass is 151 g/mol. The highest BCUT2D eigenvalue weighted by molar-refractivity contribution is 5.75. The van der Waals surface area contributed by atoms with Gasteiger partial charge >= 0.3 is 0 Å². The van der Waals surface area contributed by atoms with Crippen LogP contribution in [0.15, 0.2) is 24.3 Å². The van der Waals surface area contributed by atoms with Gasteiger partial charge in [-0.1, -0.05) is 38.1 Å². The molecule has 0 atom stereocenters. The molecule has 0 saturated heterocycles. The van der Waals surface area contributed by atoms with Crippen LogP contribution in [0.2, 0.25) is 0 Å². The van der Waals surface area contributed by atoms with Gasteiger partial charge in [0, 0.05) is 0 Å². The standard InChI is InChI=1S/C6H4.C2H6.CH3NO/c1-2-6-4-3-5(1)6;1-2;2-1-3/h1-4H;1-2H3;1H,(H2,2,3). The lowest BCUT2D eigenvalue weighted by molar-refractivity contribution is -0.106. The highest BCUT2D eigenvalue weighted by Crippen LogP contribution is 2.29. The van der Waals surface area contributed by atoms with E-state index in [-0.39, 0.29) is 6.41 Å². The number of rotatable bonds is 0. The predicted octanol–water partition coefficient (Wildman–Crippen LogP) is 1.79. The molecule has 2 rings (SSSR count). The Bertz CT molecular complexity index is 182. The van der Waals surface area contributed by atoms with Gasteiger partial charge in [-0.2, -0.15) is 0 Å². The molecule has 0 aliphatic heterocycles. The van der Waals surface area contributed by atoms with E-state index in [2.05, 4.69) is 30.0 Å². The van der Waals surface area contributed by atoms with Crippen LogP contribution in [0.25, 0.3) is 11.1 Å². The second-order valence-electron chi connectivity index (χ2n) is 1.71. The van der Waals surface area contributed by atoms with Crippen molar-refractivity contribution in [2.45, 2.75) is 13.8 Å². The summed E-state index contributed by atoms with van der Waals surface area (Å²) in [5.41, 5.74) is 7.02. The summed E-state index contributed by atoms with van der Waals surface area (Å²) in [6, 6.07) is 8.48. The predicted molar refractivity (Wildman–Crippen MR) is 47.0 cm³/mol. The zero-order valence-corrected chi connectivity index (χ0v) is 6.87. The lowest BCUT2D eigenvalue weighted by Crippen LogP contribution is -1.85. The summed E-state index contributed by atoms with van der Waals surface area (Å²) < 4.78 is 0. The van der Waals surface area contributed by atoms with Crippen molar-refractivity contribution in [3.8, 4) is 11.1 Å². The maximum absolute atomic E-state index is 8.58. The second kappa shape index (κ2) is 5.47. The average Bonchev–Trinajstić information content (AvgIpc) is 2.02. The molecule has 0 aromatic carbocycles. The van der Waals surface area contributed by atoms with Crippen LogP contribution in [0.4, 0.5) is 0 Å². The number of fused-ring (bicyclic) bond motifs is 1. The van der Waals surface area contributed by atoms with E-state index in [4.69, 9.17) is 4.79 Å². The van der Waals surface area contributed by atoms with Gasteiger partial charge < -0.3 is 5.73 Å². The normalized spacial score (nSPS) is 7.82. The van der Waals surface area contributed by atoms with Gasteiger partial charge in [-0.15, -0.1) is 0 Å². The largest absolute Gasteiger partial charge is 0.372 e. The highest BCUT2D eigenvalue weighted by atomic mass is 16.1. The molecular weight excluding hydrogens is 138 g/mol. The Morgan fingerprint density at radius 2 is 1.27 bits per heavy atom. The van der Waals surface area contributed by atoms with Gasteiger partial charge in [0.15, 0.2) is 0 Å². The van der Waals surface area contributed by atoms with E-state index in [0.29, 0.717) is 0 Å². The van der Waals surface area contributed by atoms with Gasteiger partial charge in [0.2, 0.25) is 6.41 Å². The van der Waals surface area contributed by atoms with Gasteiger partial charge in [-0.25, -0.2) is 0 Å². The van der Waals surface area contributed by atoms with Crippen molar-refractivity contribution >= 4 is 6.41 Å². The van der Waals surface area contributed by atoms with Crippen molar-refractivity contribution < 1.29 is 4.79 Å². The van der Waals surface area contributed by atoms with Gasteiger partial charge in [0.25, 0.3) is 0 Å². The van der Waals surface area contributed by atoms with Crippen LogP contribution < -0.4 is 5.73 Å². The summed E-state index contributed by atoms with van der Waals surface area (Å²) >= 11 is 0. The number of primary amides is 1. The number of carbonyl (C=O) groups is 1. The first-order valence-corrected chi connectivity index (χ1v) is 3.64. The Hall–Kier alpha value is -1.31. The van der Waals surface area contributed by atoms with E-state index in [1.54, 1.807) is 0 Å². The summed E-state index contributed by atoms with van der Waals surface area (Å²) in [6.07, 6.45) is 0.250. The second-order valence-corrected chi connectivity index (χ2v) is 1.71. The molecule has 2 aliphatic rings. The third kappa shape index (κ3) is 2.42. The van der Waals surface area contributed by atoms with Gasteiger partial charge in [0.1, 0.15) is 0 Å². The fourth-order valence-corrected chi connectivity index (χ4v) is 0.663. The van der Waals surface area contributed by atoms with E-state index in [1.165, 1.54) is 11.1 Å². The van der Waals surface area contributed by atoms with Crippen LogP contribution in [0.1, 0.15) is 13.8 Å². The number of hydrogen-bond donors (Lipinski definition) is 1. The number of nitrogens with two attached hydrogens (primary N) is 1. The van der Waals surface area contributed by atoms with Gasteiger partial charge in [-0.05, 0) is 11.1 Å². The van der Waals surface area contributed by atoms with Crippen molar-refractivity contribution in [2.75, 3.05) is 0 Å². The molecule has 0 unspecified atom stereocenters. The molecule has 0 radical (unpaired) electrons. The Balaban J connectivity index is 0.000000176. The molecule has 0 aromatic heterocycles. The van der Waals surface area contributed by atoms with Crippen molar-refractivity contribution in [3.05, 3.63) is 24.3 Å². The lowest BCUT2D eigenvalue weighted by atomic mass is 9.95. The summed E-state index contributed by atoms with van der Waals surface area (Å²) in [7, 11) is 0. The molecule has 0 bridgehead atoms. The molecule has 1 amide bonds. The van der Waals surface area contributed by atoms with Gasteiger partial charge in [-0.3, -0.25) is 4.79 Å². The fourth-order valence-electron chi connectivity index (χ4n) is 0.663. The molecule has 2 nitrogen and oxygen atoms in total. The summed E-state index contributed by atoms with van der Waals surface area (Å²) in [4.78, 5) is 8.58. The SMILES string of the molecule is CC.NC=O.c1cc2ccc1-2. The molecule has 0 spiro atoms. The third-order valence-electron chi connectivity index (χ3n) is 1.22. The maximum Gasteiger partial charge on any atom is 0.204 e. The number of carbonyl (C=O) groups excluding carboxylic acids is 1. The Morgan fingerprint density at radius 3 is 1.27 bits per heavy atom. The molecule has 0 aromatic rings. The number of hydrogen-bond acceptors (Lipinski definition) is 1. The first kappa shape index (κ1) is 9.69. The van der Waals surface area contributed by atoms with Crippen molar-refractivity contribution in [3.63, 3.8) is 0 Å². The van der Waals surface area contributed by atoms with Crippen molar-refractivity contribution in [2.24, 2.45) is 5.73 Å². The molecule has 0 heterocycles. The van der Waals surface area contributed by atoms with Gasteiger partial charge in [0.05, 0.1) is 0 Å². The first-order chi connectivity index (χ1) is 5.38. The van der Waals surface area contributed by atoms with E-state index in [1.807, 2.05) is 13.8 Å². The Labute approximate surface area is 67.0 Å². The molecule has 60 valence electrons. The average molecular weight is 151 g/mol. The number of amides is 1. The van der Waals surface area contributed by atoms with E-state index in [9.17, 15) is 0 Å². The zero-order valence-electron chi connectivity index (χ0n) is 6.87. The smallest absolute Gasteiger partial charge is 0.204 e. The molecule has 0 fully saturated rings. The molecule has 0 saturated carbocycles. The maximum atomic E-state index is 8.58. The van der Waals surface area contributed by atoms with Crippen molar-refractivity contribution in [1.82, 2.24) is 0 Å². The van der Waals surface area contributed by atoms with E-state index >= 15 is 0 Å². The fraction of sp³-hybridized carbons (Fsp3) is 0.222. The summed E-state index contributed by atoms with van der Waals surface area (Å²) in [6.45, 7) is 4.00. The molecule has 2 N–H and O–H groups in total. The summed E-state index contributed by atoms with van der Waals surface area (Å²) in [5.74, 6) is 0. The Kier molecular flexibility index (Phi) is 4.82. The summed E-state index contributed by atoms with van der Waals surface area (Å²) in [5, 5.41) is 0. The lowest BCUT2D eigenvalue weighted by Gasteiger charge is -2.10. The van der Waals surface area contributed by atoms with Crippen LogP contribution in [-0.4, -0.2) is 6.41 Å². The molecule has 2 aliphatic carbocycles. The van der Waals surface area contributed by atoms with Crippen LogP contribution in [-0.2, 0) is 4.79 Å². The van der Waals surface area contributed by atoms with Crippen LogP contribution in [0.5, 0.6) is 0 Å². The minimum Gasteiger partial charge on any atom is -0.372 e. The highest BCUT2D eigenvalue weighted by Gasteiger charge is 2.03. The van der Waals surface area contributed by atoms with Crippen LogP contribution >= 0.6 is 0 Å². The molecule has 2 heteroatoms. The quantitative estimate of drug-likeness (QED) is 0.573.